The first-order chi connectivity index (χ1) is 12.9. The lowest BCUT2D eigenvalue weighted by Gasteiger charge is -2.43. The van der Waals surface area contributed by atoms with Gasteiger partial charge in [-0.1, -0.05) is 87.5 Å². The van der Waals surface area contributed by atoms with Gasteiger partial charge in [-0.15, -0.1) is 6.58 Å². The van der Waals surface area contributed by atoms with Crippen LogP contribution in [0.3, 0.4) is 0 Å². The van der Waals surface area contributed by atoms with Crippen molar-refractivity contribution in [2.24, 2.45) is 11.8 Å². The molecule has 0 unspecified atom stereocenters. The molecule has 0 N–H and O–H groups in total. The monoisotopic (exact) mass is 378 g/mol. The molecule has 0 saturated heterocycles. The minimum atomic E-state index is -2.49. The second-order valence-electron chi connectivity index (χ2n) is 8.54. The molecule has 142 valence electrons. The molecule has 0 aliphatic heterocycles. The van der Waals surface area contributed by atoms with Gasteiger partial charge in [-0.25, -0.2) is 0 Å². The summed E-state index contributed by atoms with van der Waals surface area (Å²) in [4.78, 5) is 12.2. The summed E-state index contributed by atoms with van der Waals surface area (Å²) < 4.78 is 6.91. The minimum absolute atomic E-state index is 0.0226. The molecule has 27 heavy (non-hydrogen) atoms. The van der Waals surface area contributed by atoms with Crippen LogP contribution in [-0.2, 0) is 9.22 Å². The average Bonchev–Trinajstić information content (AvgIpc) is 3.43. The predicted molar refractivity (Wildman–Crippen MR) is 115 cm³/mol. The summed E-state index contributed by atoms with van der Waals surface area (Å²) in [5.74, 6) is 0.807. The molecular weight excluding hydrogens is 348 g/mol. The molecule has 0 bridgehead atoms. The van der Waals surface area contributed by atoms with Gasteiger partial charge in [0.2, 0.25) is 0 Å². The van der Waals surface area contributed by atoms with E-state index in [-0.39, 0.29) is 11.0 Å². The second kappa shape index (κ2) is 7.95. The van der Waals surface area contributed by atoms with Gasteiger partial charge in [-0.05, 0) is 27.8 Å². The molecule has 2 nitrogen and oxygen atoms in total. The van der Waals surface area contributed by atoms with Crippen LogP contribution in [0.1, 0.15) is 33.6 Å². The molecule has 0 aromatic heterocycles. The van der Waals surface area contributed by atoms with Gasteiger partial charge < -0.3 is 4.43 Å². The second-order valence-corrected chi connectivity index (χ2v) is 12.8. The molecule has 3 rings (SSSR count). The van der Waals surface area contributed by atoms with E-state index in [2.05, 4.69) is 88.0 Å². The number of rotatable bonds is 8. The van der Waals surface area contributed by atoms with Crippen LogP contribution in [0.4, 0.5) is 0 Å². The van der Waals surface area contributed by atoms with Crippen LogP contribution in [0.2, 0.25) is 5.04 Å². The van der Waals surface area contributed by atoms with Crippen LogP contribution >= 0.6 is 0 Å². The summed E-state index contributed by atoms with van der Waals surface area (Å²) in [6.07, 6.45) is 3.13. The van der Waals surface area contributed by atoms with E-state index in [1.165, 1.54) is 10.4 Å². The summed E-state index contributed by atoms with van der Waals surface area (Å²) in [6.45, 7) is 11.2. The molecule has 1 saturated carbocycles. The van der Waals surface area contributed by atoms with Gasteiger partial charge in [0.25, 0.3) is 8.32 Å². The molecule has 3 heteroatoms. The van der Waals surface area contributed by atoms with Crippen LogP contribution in [-0.4, -0.2) is 20.7 Å². The van der Waals surface area contributed by atoms with E-state index in [0.717, 1.165) is 6.42 Å². The van der Waals surface area contributed by atoms with Crippen molar-refractivity contribution in [2.45, 2.75) is 38.7 Å². The summed E-state index contributed by atoms with van der Waals surface area (Å²) in [5, 5.41) is 2.56. The Hall–Kier alpha value is -1.97. The molecule has 2 aromatic rings. The van der Waals surface area contributed by atoms with Gasteiger partial charge in [-0.2, -0.15) is 0 Å². The maximum absolute atomic E-state index is 12.2. The van der Waals surface area contributed by atoms with Crippen molar-refractivity contribution in [1.29, 1.82) is 0 Å². The highest BCUT2D eigenvalue weighted by atomic mass is 28.4. The fourth-order valence-corrected chi connectivity index (χ4v) is 8.73. The smallest absolute Gasteiger partial charge is 0.261 e. The van der Waals surface area contributed by atoms with Gasteiger partial charge in [0, 0.05) is 18.9 Å². The fourth-order valence-electron chi connectivity index (χ4n) is 4.11. The molecule has 1 aliphatic carbocycles. The Kier molecular flexibility index (Phi) is 5.83. The fraction of sp³-hybridized carbons (Fsp3) is 0.375. The molecule has 1 aliphatic rings. The molecular formula is C24H30O2Si. The zero-order valence-corrected chi connectivity index (χ0v) is 17.7. The lowest BCUT2D eigenvalue weighted by Crippen LogP contribution is -2.66. The van der Waals surface area contributed by atoms with Gasteiger partial charge in [-0.3, -0.25) is 4.79 Å². The van der Waals surface area contributed by atoms with Gasteiger partial charge in [0.15, 0.2) is 0 Å². The lowest BCUT2D eigenvalue weighted by molar-refractivity contribution is -0.119. The average molecular weight is 379 g/mol. The lowest BCUT2D eigenvalue weighted by atomic mass is 10.1. The largest absolute Gasteiger partial charge is 0.407 e. The summed E-state index contributed by atoms with van der Waals surface area (Å²) in [6, 6.07) is 21.3. The van der Waals surface area contributed by atoms with Crippen molar-refractivity contribution in [2.75, 3.05) is 6.61 Å². The number of hydrogen-bond acceptors (Lipinski definition) is 2. The maximum atomic E-state index is 12.2. The highest BCUT2D eigenvalue weighted by molar-refractivity contribution is 6.99. The van der Waals surface area contributed by atoms with E-state index < -0.39 is 8.32 Å². The van der Waals surface area contributed by atoms with Gasteiger partial charge in [0.05, 0.1) is 0 Å². The third kappa shape index (κ3) is 3.99. The Morgan fingerprint density at radius 2 is 1.59 bits per heavy atom. The first kappa shape index (κ1) is 19.8. The number of carbonyl (C=O) groups is 1. The van der Waals surface area contributed by atoms with Gasteiger partial charge >= 0.3 is 0 Å². The van der Waals surface area contributed by atoms with Crippen LogP contribution < -0.4 is 10.4 Å². The quantitative estimate of drug-likeness (QED) is 0.504. The van der Waals surface area contributed by atoms with E-state index in [1.807, 2.05) is 0 Å². The van der Waals surface area contributed by atoms with Crippen molar-refractivity contribution in [3.63, 3.8) is 0 Å². The van der Waals surface area contributed by atoms with Crippen molar-refractivity contribution >= 4 is 24.5 Å². The SMILES string of the molecule is C=CCC(=O)[C@@H]1C[C@H]1CO[Si](c1ccccc1)(c1ccccc1)C(C)(C)C. The van der Waals surface area contributed by atoms with Crippen molar-refractivity contribution in [3.8, 4) is 0 Å². The number of Topliss-reactive ketones (excluding diaryl/α,β-unsaturated/α-hetero) is 1. The Morgan fingerprint density at radius 1 is 1.07 bits per heavy atom. The van der Waals surface area contributed by atoms with Crippen LogP contribution in [0.5, 0.6) is 0 Å². The van der Waals surface area contributed by atoms with E-state index in [9.17, 15) is 4.79 Å². The predicted octanol–water partition coefficient (Wildman–Crippen LogP) is 4.34. The molecule has 2 atom stereocenters. The zero-order chi connectivity index (χ0) is 19.5. The number of allylic oxidation sites excluding steroid dienone is 1. The highest BCUT2D eigenvalue weighted by Gasteiger charge is 2.52. The Labute approximate surface area is 164 Å². The number of hydrogen-bond donors (Lipinski definition) is 0. The van der Waals surface area contributed by atoms with Crippen molar-refractivity contribution in [1.82, 2.24) is 0 Å². The molecule has 2 aromatic carbocycles. The molecule has 0 heterocycles. The van der Waals surface area contributed by atoms with Crippen LogP contribution in [0.25, 0.3) is 0 Å². The summed E-state index contributed by atoms with van der Waals surface area (Å²) >= 11 is 0. The minimum Gasteiger partial charge on any atom is -0.407 e. The highest BCUT2D eigenvalue weighted by Crippen LogP contribution is 2.43. The Bertz CT molecular complexity index is 738. The number of carbonyl (C=O) groups excluding carboxylic acids is 1. The van der Waals surface area contributed by atoms with E-state index in [4.69, 9.17) is 4.43 Å². The first-order valence-electron chi connectivity index (χ1n) is 9.79. The number of ketones is 1. The first-order valence-corrected chi connectivity index (χ1v) is 11.7. The van der Waals surface area contributed by atoms with E-state index in [1.54, 1.807) is 6.08 Å². The third-order valence-electron chi connectivity index (χ3n) is 5.61. The molecule has 0 amide bonds. The molecule has 0 spiro atoms. The topological polar surface area (TPSA) is 26.3 Å². The number of benzene rings is 2. The van der Waals surface area contributed by atoms with Gasteiger partial charge in [0.1, 0.15) is 5.78 Å². The standard InChI is InChI=1S/C24H30O2Si/c1-5-12-23(25)22-17-19(22)18-26-27(24(2,3)4,20-13-8-6-9-14-20)21-15-10-7-11-16-21/h5-11,13-16,19,22H,1,12,17-18H2,2-4H3/t19-,22+/m0/s1. The Balaban J connectivity index is 1.93. The van der Waals surface area contributed by atoms with Crippen molar-refractivity contribution < 1.29 is 9.22 Å². The van der Waals surface area contributed by atoms with E-state index >= 15 is 0 Å². The van der Waals surface area contributed by atoms with Crippen LogP contribution in [0.15, 0.2) is 73.3 Å². The summed E-state index contributed by atoms with van der Waals surface area (Å²) in [5.41, 5.74) is 0. The molecule has 1 fully saturated rings. The van der Waals surface area contributed by atoms with Crippen LogP contribution in [0, 0.1) is 11.8 Å². The summed E-state index contributed by atoms with van der Waals surface area (Å²) in [7, 11) is -2.49. The zero-order valence-electron chi connectivity index (χ0n) is 16.7. The van der Waals surface area contributed by atoms with Crippen molar-refractivity contribution in [3.05, 3.63) is 73.3 Å². The molecule has 0 radical (unpaired) electrons. The maximum Gasteiger partial charge on any atom is 0.261 e. The third-order valence-corrected chi connectivity index (χ3v) is 10.6. The normalized spacial score (nSPS) is 19.5. The van der Waals surface area contributed by atoms with E-state index in [0.29, 0.717) is 24.7 Å². The Morgan fingerprint density at radius 3 is 2.04 bits per heavy atom.